The Morgan fingerprint density at radius 1 is 0.500 bits per heavy atom. The van der Waals surface area contributed by atoms with Crippen LogP contribution in [0.5, 0.6) is 0 Å². The van der Waals surface area contributed by atoms with E-state index in [4.69, 9.17) is 0 Å². The first-order chi connectivity index (χ1) is 13.8. The lowest BCUT2D eigenvalue weighted by molar-refractivity contribution is 0.299. The Bertz CT molecular complexity index is 1020. The van der Waals surface area contributed by atoms with Gasteiger partial charge in [0.1, 0.15) is 0 Å². The molecule has 0 amide bonds. The monoisotopic (exact) mass is 406 g/mol. The first-order valence-electron chi connectivity index (χ1n) is 9.39. The highest BCUT2D eigenvalue weighted by Crippen LogP contribution is 2.44. The Labute approximate surface area is 173 Å². The second-order valence-electron chi connectivity index (χ2n) is 6.65. The van der Waals surface area contributed by atoms with Gasteiger partial charge in [0.05, 0.1) is 0 Å². The van der Waals surface area contributed by atoms with Crippen molar-refractivity contribution >= 4 is 43.1 Å². The molecule has 142 valence electrons. The average molecular weight is 407 g/mol. The van der Waals surface area contributed by atoms with E-state index in [1.165, 1.54) is 42.5 Å². The summed E-state index contributed by atoms with van der Waals surface area (Å²) < 4.78 is 0. The Balaban J connectivity index is 1.67. The van der Waals surface area contributed by atoms with Crippen molar-refractivity contribution < 1.29 is 10.2 Å². The maximum absolute atomic E-state index is 9.34. The molecule has 0 fully saturated rings. The molecule has 0 heterocycles. The second kappa shape index (κ2) is 9.01. The summed E-state index contributed by atoms with van der Waals surface area (Å²) in [5.41, 5.74) is 2.37. The number of hydrogen-bond donors (Lipinski definition) is 2. The highest BCUT2D eigenvalue weighted by Gasteiger charge is 2.10. The third kappa shape index (κ3) is 3.91. The van der Waals surface area contributed by atoms with Crippen molar-refractivity contribution in [3.05, 3.63) is 83.9 Å². The zero-order valence-corrected chi connectivity index (χ0v) is 17.1. The molecule has 0 aliphatic heterocycles. The van der Waals surface area contributed by atoms with E-state index in [9.17, 15) is 10.2 Å². The van der Waals surface area contributed by atoms with Crippen LogP contribution < -0.4 is 0 Å². The quantitative estimate of drug-likeness (QED) is 0.377. The standard InChI is InChI=1S/C24H22O2S2/c25-15-13-17-9-11-23(21-7-3-1-5-19(17)21)27-28-24-12-10-18(14-16-26)20-6-2-4-8-22(20)24/h1-12,25-26H,13-16H2. The zero-order valence-electron chi connectivity index (χ0n) is 15.5. The maximum atomic E-state index is 9.34. The Morgan fingerprint density at radius 3 is 1.29 bits per heavy atom. The lowest BCUT2D eigenvalue weighted by atomic mass is 10.0. The number of aliphatic hydroxyl groups is 2. The molecule has 0 radical (unpaired) electrons. The predicted molar refractivity (Wildman–Crippen MR) is 121 cm³/mol. The summed E-state index contributed by atoms with van der Waals surface area (Å²) in [6.07, 6.45) is 1.35. The molecule has 0 aliphatic carbocycles. The largest absolute Gasteiger partial charge is 0.396 e. The Hall–Kier alpha value is -1.98. The van der Waals surface area contributed by atoms with Gasteiger partial charge < -0.3 is 10.2 Å². The molecular formula is C24H22O2S2. The molecule has 28 heavy (non-hydrogen) atoms. The Kier molecular flexibility index (Phi) is 6.23. The molecule has 0 saturated carbocycles. The van der Waals surface area contributed by atoms with Gasteiger partial charge in [0.2, 0.25) is 0 Å². The van der Waals surface area contributed by atoms with Gasteiger partial charge >= 0.3 is 0 Å². The highest BCUT2D eigenvalue weighted by atomic mass is 33.1. The summed E-state index contributed by atoms with van der Waals surface area (Å²) in [7, 11) is 3.54. The van der Waals surface area contributed by atoms with Crippen LogP contribution in [-0.4, -0.2) is 23.4 Å². The van der Waals surface area contributed by atoms with Crippen molar-refractivity contribution in [2.45, 2.75) is 22.6 Å². The predicted octanol–water partition coefficient (Wildman–Crippen LogP) is 5.86. The Morgan fingerprint density at radius 2 is 0.893 bits per heavy atom. The number of fused-ring (bicyclic) bond motifs is 2. The van der Waals surface area contributed by atoms with Crippen molar-refractivity contribution in [3.63, 3.8) is 0 Å². The molecular weight excluding hydrogens is 384 g/mol. The second-order valence-corrected chi connectivity index (χ2v) is 8.86. The molecule has 4 aromatic carbocycles. The molecule has 0 unspecified atom stereocenters. The molecule has 4 aromatic rings. The molecule has 2 nitrogen and oxygen atoms in total. The van der Waals surface area contributed by atoms with Crippen molar-refractivity contribution in [2.75, 3.05) is 13.2 Å². The number of benzene rings is 4. The van der Waals surface area contributed by atoms with Gasteiger partial charge in [0.25, 0.3) is 0 Å². The fourth-order valence-corrected chi connectivity index (χ4v) is 5.95. The summed E-state index contributed by atoms with van der Waals surface area (Å²) >= 11 is 0. The molecule has 4 heteroatoms. The zero-order chi connectivity index (χ0) is 19.3. The number of aliphatic hydroxyl groups excluding tert-OH is 2. The van der Waals surface area contributed by atoms with Gasteiger partial charge in [-0.05, 0) is 57.6 Å². The SMILES string of the molecule is OCCc1ccc(SSc2ccc(CCO)c3ccccc23)c2ccccc12. The molecule has 0 bridgehead atoms. The molecule has 4 rings (SSSR count). The normalized spacial score (nSPS) is 11.4. The lowest BCUT2D eigenvalue weighted by Crippen LogP contribution is -1.93. The van der Waals surface area contributed by atoms with Crippen molar-refractivity contribution in [3.8, 4) is 0 Å². The van der Waals surface area contributed by atoms with Gasteiger partial charge in [0, 0.05) is 23.0 Å². The third-order valence-electron chi connectivity index (χ3n) is 4.93. The molecule has 0 saturated heterocycles. The van der Waals surface area contributed by atoms with E-state index in [0.717, 1.165) is 0 Å². The third-order valence-corrected chi connectivity index (χ3v) is 7.41. The summed E-state index contributed by atoms with van der Waals surface area (Å²) in [6.45, 7) is 0.328. The maximum Gasteiger partial charge on any atom is 0.0471 e. The average Bonchev–Trinajstić information content (AvgIpc) is 2.74. The summed E-state index contributed by atoms with van der Waals surface area (Å²) in [5.74, 6) is 0. The fraction of sp³-hybridized carbons (Fsp3) is 0.167. The van der Waals surface area contributed by atoms with Crippen LogP contribution in [0.4, 0.5) is 0 Å². The van der Waals surface area contributed by atoms with Crippen LogP contribution >= 0.6 is 21.6 Å². The van der Waals surface area contributed by atoms with E-state index in [0.29, 0.717) is 12.8 Å². The summed E-state index contributed by atoms with van der Waals surface area (Å²) in [5, 5.41) is 23.6. The van der Waals surface area contributed by atoms with Crippen LogP contribution in [0.1, 0.15) is 11.1 Å². The van der Waals surface area contributed by atoms with Crippen molar-refractivity contribution in [2.24, 2.45) is 0 Å². The summed E-state index contributed by atoms with van der Waals surface area (Å²) in [6, 6.07) is 25.4. The topological polar surface area (TPSA) is 40.5 Å². The van der Waals surface area contributed by atoms with Crippen LogP contribution in [0.2, 0.25) is 0 Å². The van der Waals surface area contributed by atoms with Gasteiger partial charge in [-0.15, -0.1) is 0 Å². The molecule has 0 aromatic heterocycles. The minimum Gasteiger partial charge on any atom is -0.396 e. The van der Waals surface area contributed by atoms with Gasteiger partial charge in [-0.3, -0.25) is 0 Å². The first kappa shape index (κ1) is 19.3. The van der Waals surface area contributed by atoms with Gasteiger partial charge in [0.15, 0.2) is 0 Å². The number of rotatable bonds is 7. The minimum atomic E-state index is 0.164. The fourth-order valence-electron chi connectivity index (χ4n) is 3.58. The van der Waals surface area contributed by atoms with Crippen LogP contribution in [0.15, 0.2) is 82.6 Å². The van der Waals surface area contributed by atoms with E-state index in [-0.39, 0.29) is 13.2 Å². The van der Waals surface area contributed by atoms with E-state index in [1.54, 1.807) is 21.6 Å². The van der Waals surface area contributed by atoms with Gasteiger partial charge in [-0.25, -0.2) is 0 Å². The van der Waals surface area contributed by atoms with E-state index >= 15 is 0 Å². The van der Waals surface area contributed by atoms with Gasteiger partial charge in [-0.2, -0.15) is 0 Å². The molecule has 0 aliphatic rings. The van der Waals surface area contributed by atoms with Crippen LogP contribution in [0.25, 0.3) is 21.5 Å². The van der Waals surface area contributed by atoms with Crippen molar-refractivity contribution in [1.82, 2.24) is 0 Å². The smallest absolute Gasteiger partial charge is 0.0471 e. The van der Waals surface area contributed by atoms with Crippen LogP contribution in [0, 0.1) is 0 Å². The molecule has 0 spiro atoms. The van der Waals surface area contributed by atoms with E-state index in [1.807, 2.05) is 0 Å². The van der Waals surface area contributed by atoms with Crippen LogP contribution in [-0.2, 0) is 12.8 Å². The number of hydrogen-bond acceptors (Lipinski definition) is 4. The van der Waals surface area contributed by atoms with E-state index < -0.39 is 0 Å². The van der Waals surface area contributed by atoms with Crippen LogP contribution in [0.3, 0.4) is 0 Å². The first-order valence-corrected chi connectivity index (χ1v) is 11.5. The minimum absolute atomic E-state index is 0.164. The molecule has 2 N–H and O–H groups in total. The van der Waals surface area contributed by atoms with Crippen molar-refractivity contribution in [1.29, 1.82) is 0 Å². The highest BCUT2D eigenvalue weighted by molar-refractivity contribution is 8.76. The van der Waals surface area contributed by atoms with Gasteiger partial charge in [-0.1, -0.05) is 82.3 Å². The van der Waals surface area contributed by atoms with E-state index in [2.05, 4.69) is 72.8 Å². The lowest BCUT2D eigenvalue weighted by Gasteiger charge is -2.12. The summed E-state index contributed by atoms with van der Waals surface area (Å²) in [4.78, 5) is 2.46. The molecule has 0 atom stereocenters.